The minimum absolute atomic E-state index is 0.193. The molecule has 2 aliphatic rings. The lowest BCUT2D eigenvalue weighted by Gasteiger charge is -2.42. The molecule has 1 aliphatic carbocycles. The van der Waals surface area contributed by atoms with Crippen LogP contribution >= 0.6 is 0 Å². The Balaban J connectivity index is 1.84. The van der Waals surface area contributed by atoms with Crippen LogP contribution in [-0.4, -0.2) is 35.3 Å². The summed E-state index contributed by atoms with van der Waals surface area (Å²) in [6.07, 6.45) is -2.70. The van der Waals surface area contributed by atoms with Crippen molar-refractivity contribution in [2.45, 2.75) is 51.4 Å². The summed E-state index contributed by atoms with van der Waals surface area (Å²) in [5.41, 5.74) is -0.387. The summed E-state index contributed by atoms with van der Waals surface area (Å²) in [6.45, 7) is 5.03. The molecule has 1 heterocycles. The van der Waals surface area contributed by atoms with Crippen LogP contribution in [0.1, 0.15) is 44.7 Å². The standard InChI is InChI=1S/C20H22F3NO4/c1-19(2,3)28-18(26)24-11-27-17(25)15-10-13(7-8-16(15)24)12-5-4-6-14(9-12)20(21,22)23/h4-7,9,15-16H,8,10-11H2,1-3H3. The number of alkyl halides is 3. The fourth-order valence-corrected chi connectivity index (χ4v) is 3.44. The van der Waals surface area contributed by atoms with Gasteiger partial charge in [-0.3, -0.25) is 9.69 Å². The van der Waals surface area contributed by atoms with Crippen molar-refractivity contribution in [3.8, 4) is 0 Å². The van der Waals surface area contributed by atoms with Gasteiger partial charge in [-0.05, 0) is 56.9 Å². The molecule has 0 bridgehead atoms. The molecule has 0 N–H and O–H groups in total. The number of carbonyl (C=O) groups is 2. The predicted octanol–water partition coefficient (Wildman–Crippen LogP) is 4.62. The van der Waals surface area contributed by atoms with Crippen LogP contribution in [0.3, 0.4) is 0 Å². The Kier molecular flexibility index (Phi) is 5.16. The summed E-state index contributed by atoms with van der Waals surface area (Å²) in [6, 6.07) is 4.57. The van der Waals surface area contributed by atoms with Crippen LogP contribution in [0.2, 0.25) is 0 Å². The number of benzene rings is 1. The number of halogens is 3. The first-order valence-corrected chi connectivity index (χ1v) is 8.98. The third kappa shape index (κ3) is 4.31. The van der Waals surface area contributed by atoms with E-state index in [1.165, 1.54) is 11.0 Å². The van der Waals surface area contributed by atoms with Crippen LogP contribution < -0.4 is 0 Å². The highest BCUT2D eigenvalue weighted by Gasteiger charge is 2.44. The van der Waals surface area contributed by atoms with Gasteiger partial charge in [0.15, 0.2) is 6.73 Å². The first-order valence-electron chi connectivity index (χ1n) is 8.98. The summed E-state index contributed by atoms with van der Waals surface area (Å²) < 4.78 is 49.5. The molecule has 1 amide bonds. The molecule has 1 aromatic carbocycles. The lowest BCUT2D eigenvalue weighted by atomic mass is 9.80. The number of hydrogen-bond donors (Lipinski definition) is 0. The molecule has 2 unspecified atom stereocenters. The van der Waals surface area contributed by atoms with Gasteiger partial charge in [0.05, 0.1) is 17.5 Å². The molecule has 152 valence electrons. The number of hydrogen-bond acceptors (Lipinski definition) is 4. The van der Waals surface area contributed by atoms with Crippen molar-refractivity contribution in [2.75, 3.05) is 6.73 Å². The van der Waals surface area contributed by atoms with E-state index in [0.717, 1.165) is 12.1 Å². The van der Waals surface area contributed by atoms with Crippen LogP contribution in [0.25, 0.3) is 5.57 Å². The Labute approximate surface area is 161 Å². The van der Waals surface area contributed by atoms with Gasteiger partial charge in [-0.25, -0.2) is 4.79 Å². The van der Waals surface area contributed by atoms with E-state index in [-0.39, 0.29) is 13.2 Å². The summed E-state index contributed by atoms with van der Waals surface area (Å²) >= 11 is 0. The zero-order valence-electron chi connectivity index (χ0n) is 15.9. The zero-order chi connectivity index (χ0) is 20.7. The zero-order valence-corrected chi connectivity index (χ0v) is 15.9. The molecule has 1 aliphatic heterocycles. The molecule has 5 nitrogen and oxygen atoms in total. The maximum Gasteiger partial charge on any atom is 0.416 e. The Morgan fingerprint density at radius 3 is 2.61 bits per heavy atom. The molecule has 2 atom stereocenters. The highest BCUT2D eigenvalue weighted by molar-refractivity contribution is 5.81. The van der Waals surface area contributed by atoms with Gasteiger partial charge in [0.25, 0.3) is 0 Å². The van der Waals surface area contributed by atoms with Crippen molar-refractivity contribution in [1.29, 1.82) is 0 Å². The smallest absolute Gasteiger partial charge is 0.416 e. The van der Waals surface area contributed by atoms with Gasteiger partial charge in [0.2, 0.25) is 0 Å². The topological polar surface area (TPSA) is 55.8 Å². The predicted molar refractivity (Wildman–Crippen MR) is 95.0 cm³/mol. The number of amides is 1. The highest BCUT2D eigenvalue weighted by Crippen LogP contribution is 2.38. The molecule has 1 saturated heterocycles. The summed E-state index contributed by atoms with van der Waals surface area (Å²) in [4.78, 5) is 26.1. The first kappa shape index (κ1) is 20.2. The molecule has 0 spiro atoms. The van der Waals surface area contributed by atoms with E-state index in [1.54, 1.807) is 32.9 Å². The second-order valence-corrected chi connectivity index (χ2v) is 7.96. The fourth-order valence-electron chi connectivity index (χ4n) is 3.44. The minimum Gasteiger partial charge on any atom is -0.444 e. The van der Waals surface area contributed by atoms with Crippen LogP contribution in [0.5, 0.6) is 0 Å². The Morgan fingerprint density at radius 1 is 1.25 bits per heavy atom. The second kappa shape index (κ2) is 7.14. The Hall–Kier alpha value is -2.51. The number of rotatable bonds is 1. The molecule has 1 fully saturated rings. The van der Waals surface area contributed by atoms with Crippen LogP contribution in [0.4, 0.5) is 18.0 Å². The van der Waals surface area contributed by atoms with E-state index >= 15 is 0 Å². The van der Waals surface area contributed by atoms with Gasteiger partial charge in [-0.1, -0.05) is 18.2 Å². The van der Waals surface area contributed by atoms with Crippen molar-refractivity contribution in [3.63, 3.8) is 0 Å². The summed E-state index contributed by atoms with van der Waals surface area (Å²) in [7, 11) is 0. The van der Waals surface area contributed by atoms with Crippen molar-refractivity contribution in [1.82, 2.24) is 4.90 Å². The minimum atomic E-state index is -4.44. The number of ether oxygens (including phenoxy) is 2. The third-order valence-corrected chi connectivity index (χ3v) is 4.75. The molecule has 1 aromatic rings. The van der Waals surface area contributed by atoms with Gasteiger partial charge in [-0.2, -0.15) is 13.2 Å². The number of esters is 1. The molecule has 0 saturated carbocycles. The maximum atomic E-state index is 13.0. The van der Waals surface area contributed by atoms with E-state index in [2.05, 4.69) is 0 Å². The molecule has 8 heteroatoms. The van der Waals surface area contributed by atoms with E-state index < -0.39 is 41.4 Å². The SMILES string of the molecule is CC(C)(C)OC(=O)N1COC(=O)C2CC(c3cccc(C(F)(F)F)c3)=CCC21. The van der Waals surface area contributed by atoms with Crippen LogP contribution in [-0.2, 0) is 20.4 Å². The van der Waals surface area contributed by atoms with Gasteiger partial charge in [-0.15, -0.1) is 0 Å². The lowest BCUT2D eigenvalue weighted by molar-refractivity contribution is -0.167. The van der Waals surface area contributed by atoms with Crippen molar-refractivity contribution >= 4 is 17.6 Å². The van der Waals surface area contributed by atoms with Gasteiger partial charge < -0.3 is 9.47 Å². The lowest BCUT2D eigenvalue weighted by Crippen LogP contribution is -2.55. The number of carbonyl (C=O) groups excluding carboxylic acids is 2. The van der Waals surface area contributed by atoms with Crippen LogP contribution in [0.15, 0.2) is 30.3 Å². The van der Waals surface area contributed by atoms with E-state index in [9.17, 15) is 22.8 Å². The molecule has 0 aromatic heterocycles. The maximum absolute atomic E-state index is 13.0. The van der Waals surface area contributed by atoms with E-state index in [4.69, 9.17) is 9.47 Å². The number of fused-ring (bicyclic) bond motifs is 1. The number of nitrogens with zero attached hydrogens (tertiary/aromatic N) is 1. The van der Waals surface area contributed by atoms with Gasteiger partial charge >= 0.3 is 18.2 Å². The van der Waals surface area contributed by atoms with Crippen molar-refractivity contribution < 1.29 is 32.2 Å². The quantitative estimate of drug-likeness (QED) is 0.649. The third-order valence-electron chi connectivity index (χ3n) is 4.75. The Morgan fingerprint density at radius 2 is 1.96 bits per heavy atom. The number of cyclic esters (lactones) is 1. The fraction of sp³-hybridized carbons (Fsp3) is 0.500. The van der Waals surface area contributed by atoms with E-state index in [0.29, 0.717) is 17.6 Å². The van der Waals surface area contributed by atoms with Gasteiger partial charge in [0, 0.05) is 0 Å². The average molecular weight is 397 g/mol. The van der Waals surface area contributed by atoms with Crippen molar-refractivity contribution in [3.05, 3.63) is 41.5 Å². The van der Waals surface area contributed by atoms with Crippen LogP contribution in [0, 0.1) is 5.92 Å². The largest absolute Gasteiger partial charge is 0.444 e. The summed E-state index contributed by atoms with van der Waals surface area (Å²) in [5.74, 6) is -1.10. The van der Waals surface area contributed by atoms with Crippen molar-refractivity contribution in [2.24, 2.45) is 5.92 Å². The van der Waals surface area contributed by atoms with E-state index in [1.807, 2.05) is 0 Å². The summed E-state index contributed by atoms with van der Waals surface area (Å²) in [5, 5.41) is 0. The highest BCUT2D eigenvalue weighted by atomic mass is 19.4. The van der Waals surface area contributed by atoms with Gasteiger partial charge in [0.1, 0.15) is 5.60 Å². The molecule has 3 rings (SSSR count). The average Bonchev–Trinajstić information content (AvgIpc) is 2.60. The molecular weight excluding hydrogens is 375 g/mol. The molecule has 0 radical (unpaired) electrons. The normalized spacial score (nSPS) is 22.9. The number of allylic oxidation sites excluding steroid dienone is 1. The Bertz CT molecular complexity index is 810. The first-order chi connectivity index (χ1) is 13.0. The second-order valence-electron chi connectivity index (χ2n) is 7.96. The monoisotopic (exact) mass is 397 g/mol. The molecule has 28 heavy (non-hydrogen) atoms. The molecular formula is C20H22F3NO4.